The molecule has 1 fully saturated rings. The quantitative estimate of drug-likeness (QED) is 0.611. The van der Waals surface area contributed by atoms with Gasteiger partial charge in [-0.05, 0) is 43.0 Å². The third-order valence-corrected chi connectivity index (χ3v) is 5.53. The van der Waals surface area contributed by atoms with E-state index < -0.39 is 0 Å². The summed E-state index contributed by atoms with van der Waals surface area (Å²) in [6.07, 6.45) is 9.99. The van der Waals surface area contributed by atoms with Crippen molar-refractivity contribution in [2.45, 2.75) is 31.6 Å². The smallest absolute Gasteiger partial charge is 0.396 e. The van der Waals surface area contributed by atoms with E-state index in [2.05, 4.69) is 78.1 Å². The maximum absolute atomic E-state index is 2.44. The Bertz CT molecular complexity index is 747. The summed E-state index contributed by atoms with van der Waals surface area (Å²) in [4.78, 5) is 2.39. The Balaban J connectivity index is 1.72. The standard InChI is InChI=1S/C20H24BN2/c1-22-14-12-18(16-7-3-4-8-16)15-20(22)21-13-11-17-9-5-6-10-19(17)23(21)2/h5-6,9-16H,3-4,7-8H2,1-2H3/q+1. The Kier molecular flexibility index (Phi) is 3.72. The maximum Gasteiger partial charge on any atom is 0.396 e. The van der Waals surface area contributed by atoms with Gasteiger partial charge in [-0.3, -0.25) is 0 Å². The zero-order valence-electron chi connectivity index (χ0n) is 14.1. The van der Waals surface area contributed by atoms with Crippen molar-refractivity contribution in [3.63, 3.8) is 0 Å². The predicted octanol–water partition coefficient (Wildman–Crippen LogP) is 3.07. The normalized spacial score (nSPS) is 17.7. The molecule has 4 rings (SSSR count). The van der Waals surface area contributed by atoms with Gasteiger partial charge in [0.1, 0.15) is 7.05 Å². The van der Waals surface area contributed by atoms with Crippen LogP contribution < -0.4 is 15.0 Å². The Morgan fingerprint density at radius 2 is 1.91 bits per heavy atom. The molecule has 0 saturated heterocycles. The fourth-order valence-corrected chi connectivity index (χ4v) is 4.13. The van der Waals surface area contributed by atoms with Crippen LogP contribution in [0.3, 0.4) is 0 Å². The van der Waals surface area contributed by atoms with Gasteiger partial charge in [0.05, 0.1) is 0 Å². The van der Waals surface area contributed by atoms with Crippen molar-refractivity contribution in [2.24, 2.45) is 7.05 Å². The molecule has 0 atom stereocenters. The lowest BCUT2D eigenvalue weighted by Gasteiger charge is -2.28. The molecule has 2 nitrogen and oxygen atoms in total. The van der Waals surface area contributed by atoms with E-state index in [4.69, 9.17) is 0 Å². The minimum Gasteiger partial charge on any atom is -0.405 e. The maximum atomic E-state index is 2.44. The van der Waals surface area contributed by atoms with E-state index >= 15 is 0 Å². The molecule has 3 heteroatoms. The van der Waals surface area contributed by atoms with Gasteiger partial charge in [-0.1, -0.05) is 43.1 Å². The topological polar surface area (TPSA) is 7.12 Å². The number of pyridine rings is 1. The van der Waals surface area contributed by atoms with Crippen LogP contribution in [0.1, 0.15) is 42.7 Å². The number of aromatic nitrogens is 1. The molecule has 2 aromatic rings. The van der Waals surface area contributed by atoms with E-state index in [1.54, 1.807) is 0 Å². The first-order valence-corrected chi connectivity index (χ1v) is 8.73. The first-order valence-electron chi connectivity index (χ1n) is 8.73. The minimum atomic E-state index is 0.302. The van der Waals surface area contributed by atoms with Crippen LogP contribution in [0.15, 0.2) is 48.6 Å². The molecule has 0 spiro atoms. The van der Waals surface area contributed by atoms with Gasteiger partial charge in [-0.15, -0.1) is 0 Å². The summed E-state index contributed by atoms with van der Waals surface area (Å²) in [5.41, 5.74) is 5.52. The number of hydrogen-bond donors (Lipinski definition) is 0. The monoisotopic (exact) mass is 303 g/mol. The van der Waals surface area contributed by atoms with Gasteiger partial charge in [0.25, 0.3) is 0 Å². The summed E-state index contributed by atoms with van der Waals surface area (Å²) in [7, 11) is 4.37. The number of benzene rings is 1. The van der Waals surface area contributed by atoms with Gasteiger partial charge < -0.3 is 4.81 Å². The Morgan fingerprint density at radius 1 is 1.13 bits per heavy atom. The second kappa shape index (κ2) is 5.88. The molecule has 1 saturated carbocycles. The van der Waals surface area contributed by atoms with Crippen molar-refractivity contribution in [3.05, 3.63) is 59.7 Å². The summed E-state index contributed by atoms with van der Waals surface area (Å²) in [5.74, 6) is 3.09. The third kappa shape index (κ3) is 2.58. The summed E-state index contributed by atoms with van der Waals surface area (Å²) in [5, 5.41) is 0. The highest BCUT2D eigenvalue weighted by Gasteiger charge is 2.32. The zero-order valence-corrected chi connectivity index (χ0v) is 14.1. The molecule has 0 bridgehead atoms. The highest BCUT2D eigenvalue weighted by atomic mass is 15.1. The van der Waals surface area contributed by atoms with Gasteiger partial charge in [-0.2, -0.15) is 0 Å². The van der Waals surface area contributed by atoms with E-state index in [1.807, 2.05) is 0 Å². The number of rotatable bonds is 2. The minimum absolute atomic E-state index is 0.302. The molecule has 1 aromatic carbocycles. The number of hydrogen-bond acceptors (Lipinski definition) is 1. The molecule has 0 radical (unpaired) electrons. The van der Waals surface area contributed by atoms with Crippen LogP contribution in [0.5, 0.6) is 0 Å². The Morgan fingerprint density at radius 3 is 2.74 bits per heavy atom. The summed E-state index contributed by atoms with van der Waals surface area (Å²) in [6, 6.07) is 13.4. The van der Waals surface area contributed by atoms with Gasteiger partial charge >= 0.3 is 6.85 Å². The SMILES string of the molecule is CN1B(c2cc(C3CCCC3)cc[n+]2C)C=Cc2ccccc21. The van der Waals surface area contributed by atoms with Gasteiger partial charge in [0.2, 0.25) is 0 Å². The fraction of sp³-hybridized carbons (Fsp3) is 0.350. The number of anilines is 1. The van der Waals surface area contributed by atoms with Crippen LogP contribution in [0.4, 0.5) is 5.69 Å². The molecule has 0 unspecified atom stereocenters. The largest absolute Gasteiger partial charge is 0.405 e. The molecule has 1 aliphatic heterocycles. The van der Waals surface area contributed by atoms with E-state index in [0.717, 1.165) is 5.92 Å². The number of fused-ring (bicyclic) bond motifs is 1. The zero-order chi connectivity index (χ0) is 15.8. The van der Waals surface area contributed by atoms with Crippen LogP contribution in [0.2, 0.25) is 0 Å². The highest BCUT2D eigenvalue weighted by Crippen LogP contribution is 2.33. The molecule has 1 aromatic heterocycles. The van der Waals surface area contributed by atoms with Gasteiger partial charge in [-0.25, -0.2) is 4.57 Å². The van der Waals surface area contributed by atoms with Crippen LogP contribution in [0.25, 0.3) is 6.08 Å². The second-order valence-corrected chi connectivity index (χ2v) is 6.95. The molecule has 2 aliphatic rings. The molecular formula is C20H24BN2+. The van der Waals surface area contributed by atoms with Crippen LogP contribution in [-0.2, 0) is 7.05 Å². The van der Waals surface area contributed by atoms with Crippen LogP contribution in [0, 0.1) is 0 Å². The highest BCUT2D eigenvalue weighted by molar-refractivity contribution is 6.80. The van der Waals surface area contributed by atoms with Crippen molar-refractivity contribution in [2.75, 3.05) is 11.9 Å². The average molecular weight is 303 g/mol. The fourth-order valence-electron chi connectivity index (χ4n) is 4.13. The molecule has 116 valence electrons. The predicted molar refractivity (Wildman–Crippen MR) is 98.1 cm³/mol. The van der Waals surface area contributed by atoms with Crippen molar-refractivity contribution in [3.8, 4) is 0 Å². The van der Waals surface area contributed by atoms with Crippen LogP contribution >= 0.6 is 0 Å². The molecule has 1 aliphatic carbocycles. The van der Waals surface area contributed by atoms with Gasteiger partial charge in [0.15, 0.2) is 11.8 Å². The Labute approximate surface area is 139 Å². The first kappa shape index (κ1) is 14.6. The molecule has 0 N–H and O–H groups in total. The first-order chi connectivity index (χ1) is 11.2. The molecule has 23 heavy (non-hydrogen) atoms. The Hall–Kier alpha value is -2.03. The molecule has 2 heterocycles. The molecule has 0 amide bonds. The van der Waals surface area contributed by atoms with Crippen molar-refractivity contribution in [1.29, 1.82) is 0 Å². The van der Waals surface area contributed by atoms with Crippen molar-refractivity contribution >= 4 is 24.2 Å². The third-order valence-electron chi connectivity index (χ3n) is 5.53. The van der Waals surface area contributed by atoms with Gasteiger partial charge in [0, 0.05) is 17.8 Å². The lowest BCUT2D eigenvalue weighted by molar-refractivity contribution is -0.654. The van der Waals surface area contributed by atoms with E-state index in [1.165, 1.54) is 48.1 Å². The number of para-hydroxylation sites is 1. The van der Waals surface area contributed by atoms with Crippen molar-refractivity contribution < 1.29 is 4.57 Å². The van der Waals surface area contributed by atoms with E-state index in [-0.39, 0.29) is 0 Å². The summed E-state index contributed by atoms with van der Waals surface area (Å²) in [6.45, 7) is 0.302. The lowest BCUT2D eigenvalue weighted by Crippen LogP contribution is -2.60. The van der Waals surface area contributed by atoms with E-state index in [0.29, 0.717) is 6.85 Å². The van der Waals surface area contributed by atoms with E-state index in [9.17, 15) is 0 Å². The number of aryl methyl sites for hydroxylation is 1. The molecular weight excluding hydrogens is 279 g/mol. The second-order valence-electron chi connectivity index (χ2n) is 6.95. The summed E-state index contributed by atoms with van der Waals surface area (Å²) >= 11 is 0. The van der Waals surface area contributed by atoms with Crippen LogP contribution in [-0.4, -0.2) is 13.9 Å². The number of nitrogens with zero attached hydrogens (tertiary/aromatic N) is 2. The summed E-state index contributed by atoms with van der Waals surface area (Å²) < 4.78 is 2.28. The lowest BCUT2D eigenvalue weighted by atomic mass is 9.54. The van der Waals surface area contributed by atoms with Crippen molar-refractivity contribution in [1.82, 2.24) is 0 Å². The average Bonchev–Trinajstić information content (AvgIpc) is 3.11.